The van der Waals surface area contributed by atoms with E-state index >= 15 is 0 Å². The van der Waals surface area contributed by atoms with Gasteiger partial charge in [0.1, 0.15) is 24.7 Å². The van der Waals surface area contributed by atoms with Crippen LogP contribution < -0.4 is 35.1 Å². The Hall–Kier alpha value is -4.31. The number of nitrogens with one attached hydrogen (secondary N) is 3. The Morgan fingerprint density at radius 2 is 1.37 bits per heavy atom. The second kappa shape index (κ2) is 12.8. The molecule has 0 bridgehead atoms. The molecule has 2 amide bonds. The van der Waals surface area contributed by atoms with Gasteiger partial charge in [-0.3, -0.25) is 25.8 Å². The molecule has 0 aliphatic carbocycles. The molecule has 0 fully saturated rings. The molecular formula is C25H25N3O6S. The summed E-state index contributed by atoms with van der Waals surface area (Å²) in [5.74, 6) is 1.22. The van der Waals surface area contributed by atoms with E-state index in [0.717, 1.165) is 5.75 Å². The van der Waals surface area contributed by atoms with Crippen molar-refractivity contribution in [1.29, 1.82) is 0 Å². The van der Waals surface area contributed by atoms with Crippen LogP contribution in [0.2, 0.25) is 0 Å². The van der Waals surface area contributed by atoms with Crippen molar-refractivity contribution in [2.24, 2.45) is 0 Å². The monoisotopic (exact) mass is 495 g/mol. The summed E-state index contributed by atoms with van der Waals surface area (Å²) in [5, 5.41) is 2.42. The summed E-state index contributed by atoms with van der Waals surface area (Å²) in [6.45, 7) is 0.663. The number of benzene rings is 3. The van der Waals surface area contributed by atoms with E-state index in [4.69, 9.17) is 31.2 Å². The first-order valence-corrected chi connectivity index (χ1v) is 11.0. The van der Waals surface area contributed by atoms with Crippen LogP contribution in [0, 0.1) is 0 Å². The van der Waals surface area contributed by atoms with Gasteiger partial charge in [0.2, 0.25) is 0 Å². The number of carbonyl (C=O) groups is 2. The lowest BCUT2D eigenvalue weighted by Crippen LogP contribution is -2.48. The molecule has 0 radical (unpaired) electrons. The highest BCUT2D eigenvalue weighted by atomic mass is 32.1. The van der Waals surface area contributed by atoms with Crippen molar-refractivity contribution < 1.29 is 28.5 Å². The second-order valence-electron chi connectivity index (χ2n) is 6.97. The third-order valence-electron chi connectivity index (χ3n) is 4.62. The van der Waals surface area contributed by atoms with Crippen molar-refractivity contribution in [2.45, 2.75) is 0 Å². The van der Waals surface area contributed by atoms with E-state index < -0.39 is 11.8 Å². The van der Waals surface area contributed by atoms with Crippen LogP contribution in [0.3, 0.4) is 0 Å². The van der Waals surface area contributed by atoms with E-state index in [1.165, 1.54) is 20.3 Å². The van der Waals surface area contributed by atoms with Gasteiger partial charge in [0.05, 0.1) is 14.2 Å². The Balaban J connectivity index is 1.46. The fraction of sp³-hybridized carbons (Fsp3) is 0.160. The Morgan fingerprint density at radius 3 is 2.09 bits per heavy atom. The van der Waals surface area contributed by atoms with Crippen LogP contribution >= 0.6 is 12.2 Å². The van der Waals surface area contributed by atoms with Gasteiger partial charge in [0, 0.05) is 11.1 Å². The maximum atomic E-state index is 12.5. The Kier molecular flexibility index (Phi) is 9.26. The Bertz CT molecular complexity index is 1170. The Morgan fingerprint density at radius 1 is 0.714 bits per heavy atom. The van der Waals surface area contributed by atoms with E-state index in [1.807, 2.05) is 30.3 Å². The number of hydrogen-bond acceptors (Lipinski definition) is 7. The van der Waals surface area contributed by atoms with Crippen molar-refractivity contribution >= 4 is 29.1 Å². The van der Waals surface area contributed by atoms with Crippen LogP contribution in [0.1, 0.15) is 20.7 Å². The summed E-state index contributed by atoms with van der Waals surface area (Å²) in [5.41, 5.74) is 5.57. The molecular weight excluding hydrogens is 470 g/mol. The van der Waals surface area contributed by atoms with E-state index in [-0.39, 0.29) is 5.11 Å². The molecule has 0 atom stereocenters. The van der Waals surface area contributed by atoms with Crippen LogP contribution in [-0.4, -0.2) is 44.4 Å². The minimum absolute atomic E-state index is 0.0774. The normalized spacial score (nSPS) is 10.0. The zero-order valence-electron chi connectivity index (χ0n) is 19.2. The minimum Gasteiger partial charge on any atom is -0.493 e. The smallest absolute Gasteiger partial charge is 0.269 e. The first-order valence-electron chi connectivity index (χ1n) is 10.5. The standard InChI is InChI=1S/C25H25N3O6S/c1-31-21-12-11-18(16-22(21)32-2)24(30)27-28-25(35)26-23(29)17-7-6-10-20(15-17)34-14-13-33-19-8-4-3-5-9-19/h3-12,15-16H,13-14H2,1-2H3,(H,27,30)(H2,26,28,29,35). The predicted molar refractivity (Wildman–Crippen MR) is 134 cm³/mol. The zero-order chi connectivity index (χ0) is 25.0. The van der Waals surface area contributed by atoms with E-state index in [2.05, 4.69) is 16.2 Å². The maximum absolute atomic E-state index is 12.5. The van der Waals surface area contributed by atoms with Gasteiger partial charge in [-0.2, -0.15) is 0 Å². The molecule has 0 aliphatic heterocycles. The van der Waals surface area contributed by atoms with Crippen molar-refractivity contribution in [2.75, 3.05) is 27.4 Å². The fourth-order valence-electron chi connectivity index (χ4n) is 2.93. The molecule has 0 heterocycles. The number of para-hydroxylation sites is 1. The molecule has 3 N–H and O–H groups in total. The molecule has 0 saturated heterocycles. The molecule has 0 saturated carbocycles. The van der Waals surface area contributed by atoms with Crippen molar-refractivity contribution in [3.8, 4) is 23.0 Å². The Labute approximate surface area is 208 Å². The van der Waals surface area contributed by atoms with Gasteiger partial charge in [0.25, 0.3) is 11.8 Å². The number of hydrazine groups is 1. The zero-order valence-corrected chi connectivity index (χ0v) is 20.0. The molecule has 3 aromatic rings. The van der Waals surface area contributed by atoms with Crippen molar-refractivity contribution in [1.82, 2.24) is 16.2 Å². The highest BCUT2D eigenvalue weighted by Crippen LogP contribution is 2.27. The number of thiocarbonyl (C=S) groups is 1. The summed E-state index contributed by atoms with van der Waals surface area (Å²) < 4.78 is 21.6. The van der Waals surface area contributed by atoms with Gasteiger partial charge >= 0.3 is 0 Å². The fourth-order valence-corrected chi connectivity index (χ4v) is 3.08. The third kappa shape index (κ3) is 7.61. The first kappa shape index (κ1) is 25.3. The lowest BCUT2D eigenvalue weighted by molar-refractivity contribution is 0.0934. The summed E-state index contributed by atoms with van der Waals surface area (Å²) in [6.07, 6.45) is 0. The lowest BCUT2D eigenvalue weighted by Gasteiger charge is -2.13. The number of amides is 2. The second-order valence-corrected chi connectivity index (χ2v) is 7.38. The number of ether oxygens (including phenoxy) is 4. The predicted octanol–water partition coefficient (Wildman–Crippen LogP) is 3.11. The van der Waals surface area contributed by atoms with Crippen LogP contribution in [0.4, 0.5) is 0 Å². The maximum Gasteiger partial charge on any atom is 0.269 e. The van der Waals surface area contributed by atoms with E-state index in [9.17, 15) is 9.59 Å². The van der Waals surface area contributed by atoms with Gasteiger partial charge in [-0.15, -0.1) is 0 Å². The van der Waals surface area contributed by atoms with E-state index in [1.54, 1.807) is 36.4 Å². The number of methoxy groups -OCH3 is 2. The number of carbonyl (C=O) groups excluding carboxylic acids is 2. The van der Waals surface area contributed by atoms with Gasteiger partial charge < -0.3 is 18.9 Å². The van der Waals surface area contributed by atoms with Crippen LogP contribution in [0.5, 0.6) is 23.0 Å². The first-order chi connectivity index (χ1) is 17.0. The summed E-state index contributed by atoms with van der Waals surface area (Å²) in [4.78, 5) is 24.9. The third-order valence-corrected chi connectivity index (χ3v) is 4.83. The highest BCUT2D eigenvalue weighted by Gasteiger charge is 2.13. The van der Waals surface area contributed by atoms with Crippen LogP contribution in [-0.2, 0) is 0 Å². The minimum atomic E-state index is -0.476. The van der Waals surface area contributed by atoms with Gasteiger partial charge in [-0.25, -0.2) is 0 Å². The molecule has 10 heteroatoms. The van der Waals surface area contributed by atoms with E-state index in [0.29, 0.717) is 41.6 Å². The molecule has 0 aromatic heterocycles. The summed E-state index contributed by atoms with van der Waals surface area (Å²) >= 11 is 5.10. The number of rotatable bonds is 9. The molecule has 0 aliphatic rings. The molecule has 35 heavy (non-hydrogen) atoms. The molecule has 0 spiro atoms. The number of hydrogen-bond donors (Lipinski definition) is 3. The van der Waals surface area contributed by atoms with Crippen molar-refractivity contribution in [3.05, 3.63) is 83.9 Å². The lowest BCUT2D eigenvalue weighted by atomic mass is 10.2. The van der Waals surface area contributed by atoms with Crippen molar-refractivity contribution in [3.63, 3.8) is 0 Å². The average molecular weight is 496 g/mol. The van der Waals surface area contributed by atoms with Gasteiger partial charge in [0.15, 0.2) is 16.6 Å². The summed E-state index contributed by atoms with van der Waals surface area (Å²) in [7, 11) is 2.98. The van der Waals surface area contributed by atoms with Crippen LogP contribution in [0.15, 0.2) is 72.8 Å². The molecule has 9 nitrogen and oxygen atoms in total. The summed E-state index contributed by atoms with van der Waals surface area (Å²) in [6, 6.07) is 20.7. The molecule has 182 valence electrons. The topological polar surface area (TPSA) is 107 Å². The average Bonchev–Trinajstić information content (AvgIpc) is 2.90. The van der Waals surface area contributed by atoms with Gasteiger partial charge in [-0.05, 0) is 60.7 Å². The molecule has 3 rings (SSSR count). The van der Waals surface area contributed by atoms with Gasteiger partial charge in [-0.1, -0.05) is 24.3 Å². The quantitative estimate of drug-likeness (QED) is 0.236. The SMILES string of the molecule is COc1ccc(C(=O)NNC(=S)NC(=O)c2cccc(OCCOc3ccccc3)c2)cc1OC. The molecule has 0 unspecified atom stereocenters. The highest BCUT2D eigenvalue weighted by molar-refractivity contribution is 7.80. The van der Waals surface area contributed by atoms with Crippen LogP contribution in [0.25, 0.3) is 0 Å². The largest absolute Gasteiger partial charge is 0.493 e. The molecule has 3 aromatic carbocycles.